The highest BCUT2D eigenvalue weighted by atomic mass is 32.1. The molecule has 0 spiro atoms. The van der Waals surface area contributed by atoms with Gasteiger partial charge in [-0.15, -0.1) is 0 Å². The van der Waals surface area contributed by atoms with Crippen molar-refractivity contribution < 1.29 is 9.53 Å². The molecule has 2 aromatic heterocycles. The van der Waals surface area contributed by atoms with Crippen molar-refractivity contribution in [3.8, 4) is 11.5 Å². The number of nitrogens with zero attached hydrogens (tertiary/aromatic N) is 3. The summed E-state index contributed by atoms with van der Waals surface area (Å²) in [7, 11) is 0. The number of amides is 1. The van der Waals surface area contributed by atoms with Gasteiger partial charge in [0.2, 0.25) is 0 Å². The average Bonchev–Trinajstić information content (AvgIpc) is 3.28. The van der Waals surface area contributed by atoms with Crippen molar-refractivity contribution in [3.05, 3.63) is 114 Å². The lowest BCUT2D eigenvalue weighted by molar-refractivity contribution is 0.0984. The van der Waals surface area contributed by atoms with Crippen LogP contribution >= 0.6 is 11.3 Å². The molecule has 0 aliphatic heterocycles. The molecule has 6 heteroatoms. The number of thiazole rings is 1. The molecule has 2 heterocycles. The highest BCUT2D eigenvalue weighted by Gasteiger charge is 2.23. The Morgan fingerprint density at radius 2 is 1.71 bits per heavy atom. The molecule has 5 rings (SSSR count). The lowest BCUT2D eigenvalue weighted by Crippen LogP contribution is -2.30. The van der Waals surface area contributed by atoms with Gasteiger partial charge in [0, 0.05) is 11.8 Å². The zero-order valence-corrected chi connectivity index (χ0v) is 19.8. The second-order valence-electron chi connectivity index (χ2n) is 8.08. The van der Waals surface area contributed by atoms with Crippen LogP contribution in [0.25, 0.3) is 10.2 Å². The van der Waals surface area contributed by atoms with E-state index in [0.717, 1.165) is 27.2 Å². The van der Waals surface area contributed by atoms with E-state index in [1.807, 2.05) is 67.6 Å². The summed E-state index contributed by atoms with van der Waals surface area (Å²) in [5.74, 6) is 1.16. The summed E-state index contributed by atoms with van der Waals surface area (Å²) in [5.41, 5.74) is 4.51. The highest BCUT2D eigenvalue weighted by molar-refractivity contribution is 7.22. The summed E-state index contributed by atoms with van der Waals surface area (Å²) in [6.45, 7) is 4.44. The van der Waals surface area contributed by atoms with Crippen molar-refractivity contribution in [1.82, 2.24) is 9.97 Å². The van der Waals surface area contributed by atoms with Gasteiger partial charge < -0.3 is 4.74 Å². The van der Waals surface area contributed by atoms with Gasteiger partial charge in [-0.1, -0.05) is 47.7 Å². The van der Waals surface area contributed by atoms with Crippen LogP contribution in [-0.4, -0.2) is 15.9 Å². The van der Waals surface area contributed by atoms with E-state index < -0.39 is 0 Å². The monoisotopic (exact) mass is 465 g/mol. The third-order valence-electron chi connectivity index (χ3n) is 5.40. The molecular weight excluding hydrogens is 442 g/mol. The fourth-order valence-corrected chi connectivity index (χ4v) is 4.97. The molecule has 5 aromatic rings. The van der Waals surface area contributed by atoms with Gasteiger partial charge in [0.05, 0.1) is 22.5 Å². The summed E-state index contributed by atoms with van der Waals surface area (Å²) >= 11 is 1.52. The molecule has 0 bridgehead atoms. The summed E-state index contributed by atoms with van der Waals surface area (Å²) in [6.07, 6.45) is 1.73. The molecule has 0 atom stereocenters. The summed E-state index contributed by atoms with van der Waals surface area (Å²) < 4.78 is 7.02. The van der Waals surface area contributed by atoms with Gasteiger partial charge in [0.25, 0.3) is 5.91 Å². The number of hydrogen-bond donors (Lipinski definition) is 0. The number of rotatable bonds is 6. The van der Waals surface area contributed by atoms with E-state index in [0.29, 0.717) is 23.0 Å². The van der Waals surface area contributed by atoms with E-state index in [2.05, 4.69) is 24.0 Å². The lowest BCUT2D eigenvalue weighted by atomic mass is 10.1. The fourth-order valence-electron chi connectivity index (χ4n) is 3.83. The Balaban J connectivity index is 1.52. The van der Waals surface area contributed by atoms with Gasteiger partial charge in [0.15, 0.2) is 5.13 Å². The summed E-state index contributed by atoms with van der Waals surface area (Å²) in [4.78, 5) is 24.8. The minimum atomic E-state index is -0.155. The second-order valence-corrected chi connectivity index (χ2v) is 9.09. The molecule has 0 aliphatic rings. The first kappa shape index (κ1) is 21.8. The second kappa shape index (κ2) is 9.45. The molecular formula is C28H23N3O2S. The third kappa shape index (κ3) is 4.67. The van der Waals surface area contributed by atoms with E-state index in [9.17, 15) is 4.79 Å². The van der Waals surface area contributed by atoms with Crippen LogP contribution in [0.2, 0.25) is 0 Å². The maximum atomic E-state index is 13.8. The first-order valence-electron chi connectivity index (χ1n) is 11.0. The number of aryl methyl sites for hydroxylation is 2. The fraction of sp³-hybridized carbons (Fsp3) is 0.107. The molecule has 0 saturated carbocycles. The van der Waals surface area contributed by atoms with E-state index in [1.165, 1.54) is 16.9 Å². The molecule has 0 unspecified atom stereocenters. The molecule has 0 N–H and O–H groups in total. The zero-order chi connectivity index (χ0) is 23.5. The van der Waals surface area contributed by atoms with Crippen LogP contribution in [0.3, 0.4) is 0 Å². The van der Waals surface area contributed by atoms with Gasteiger partial charge in [-0.3, -0.25) is 14.7 Å². The number of para-hydroxylation sites is 1. The van der Waals surface area contributed by atoms with Gasteiger partial charge >= 0.3 is 0 Å². The van der Waals surface area contributed by atoms with E-state index in [-0.39, 0.29) is 5.91 Å². The molecule has 1 amide bonds. The van der Waals surface area contributed by atoms with Crippen molar-refractivity contribution in [2.45, 2.75) is 20.4 Å². The Bertz CT molecular complexity index is 1450. The predicted molar refractivity (Wildman–Crippen MR) is 137 cm³/mol. The highest BCUT2D eigenvalue weighted by Crippen LogP contribution is 2.33. The normalized spacial score (nSPS) is 10.9. The number of fused-ring (bicyclic) bond motifs is 1. The first-order chi connectivity index (χ1) is 16.6. The van der Waals surface area contributed by atoms with Gasteiger partial charge in [-0.2, -0.15) is 0 Å². The minimum Gasteiger partial charge on any atom is -0.457 e. The van der Waals surface area contributed by atoms with Crippen LogP contribution in [0.15, 0.2) is 91.1 Å². The Hall–Kier alpha value is -4.03. The molecule has 0 saturated heterocycles. The van der Waals surface area contributed by atoms with Crippen molar-refractivity contribution in [2.75, 3.05) is 4.90 Å². The van der Waals surface area contributed by atoms with Crippen LogP contribution in [0.1, 0.15) is 27.2 Å². The maximum absolute atomic E-state index is 13.8. The SMILES string of the molecule is Cc1cc(C)c2nc(N(Cc3ccccn3)C(=O)c3cccc(Oc4ccccc4)c3)sc2c1. The predicted octanol–water partition coefficient (Wildman–Crippen LogP) is 6.95. The third-order valence-corrected chi connectivity index (χ3v) is 6.43. The smallest absolute Gasteiger partial charge is 0.260 e. The van der Waals surface area contributed by atoms with Crippen LogP contribution in [0.5, 0.6) is 11.5 Å². The Kier molecular flexibility index (Phi) is 6.06. The molecule has 0 fully saturated rings. The molecule has 168 valence electrons. The van der Waals surface area contributed by atoms with Crippen molar-refractivity contribution >= 4 is 32.6 Å². The number of carbonyl (C=O) groups excluding carboxylic acids is 1. The van der Waals surface area contributed by atoms with Crippen LogP contribution in [0.4, 0.5) is 5.13 Å². The molecule has 0 aliphatic carbocycles. The van der Waals surface area contributed by atoms with Crippen LogP contribution in [0, 0.1) is 13.8 Å². The number of anilines is 1. The minimum absolute atomic E-state index is 0.155. The molecule has 34 heavy (non-hydrogen) atoms. The zero-order valence-electron chi connectivity index (χ0n) is 18.9. The number of pyridine rings is 1. The average molecular weight is 466 g/mol. The first-order valence-corrected chi connectivity index (χ1v) is 11.8. The van der Waals surface area contributed by atoms with Crippen LogP contribution < -0.4 is 9.64 Å². The van der Waals surface area contributed by atoms with Crippen molar-refractivity contribution in [3.63, 3.8) is 0 Å². The van der Waals surface area contributed by atoms with Crippen LogP contribution in [-0.2, 0) is 6.54 Å². The quantitative estimate of drug-likeness (QED) is 0.272. The molecule has 0 radical (unpaired) electrons. The number of carbonyl (C=O) groups is 1. The molecule has 5 nitrogen and oxygen atoms in total. The number of hydrogen-bond acceptors (Lipinski definition) is 5. The van der Waals surface area contributed by atoms with Crippen molar-refractivity contribution in [2.24, 2.45) is 0 Å². The number of benzene rings is 3. The number of ether oxygens (including phenoxy) is 1. The standard InChI is InChI=1S/C28H23N3O2S/c1-19-15-20(2)26-25(16-19)34-28(30-26)31(18-22-10-6-7-14-29-22)27(32)21-9-8-13-24(17-21)33-23-11-4-3-5-12-23/h3-17H,18H2,1-2H3. The molecule has 3 aromatic carbocycles. The summed E-state index contributed by atoms with van der Waals surface area (Å²) in [6, 6.07) is 26.7. The van der Waals surface area contributed by atoms with Gasteiger partial charge in [-0.25, -0.2) is 4.98 Å². The van der Waals surface area contributed by atoms with E-state index >= 15 is 0 Å². The Morgan fingerprint density at radius 3 is 2.50 bits per heavy atom. The van der Waals surface area contributed by atoms with Crippen molar-refractivity contribution in [1.29, 1.82) is 0 Å². The topological polar surface area (TPSA) is 55.3 Å². The maximum Gasteiger partial charge on any atom is 0.260 e. The van der Waals surface area contributed by atoms with E-state index in [4.69, 9.17) is 9.72 Å². The Morgan fingerprint density at radius 1 is 0.912 bits per heavy atom. The van der Waals surface area contributed by atoms with E-state index in [1.54, 1.807) is 23.2 Å². The number of aromatic nitrogens is 2. The largest absolute Gasteiger partial charge is 0.457 e. The lowest BCUT2D eigenvalue weighted by Gasteiger charge is -2.20. The Labute approximate surface area is 202 Å². The summed E-state index contributed by atoms with van der Waals surface area (Å²) in [5, 5.41) is 0.647. The van der Waals surface area contributed by atoms with Gasteiger partial charge in [0.1, 0.15) is 11.5 Å². The van der Waals surface area contributed by atoms with Gasteiger partial charge in [-0.05, 0) is 73.5 Å².